The normalized spacial score (nSPS) is 31.3. The van der Waals surface area contributed by atoms with Gasteiger partial charge in [0.1, 0.15) is 0 Å². The van der Waals surface area contributed by atoms with Crippen LogP contribution in [0.2, 0.25) is 0 Å². The largest absolute Gasteiger partial charge is 0.416 e. The number of piperidine rings is 1. The molecule has 2 atom stereocenters. The van der Waals surface area contributed by atoms with Gasteiger partial charge in [0.15, 0.2) is 0 Å². The van der Waals surface area contributed by atoms with Crippen LogP contribution < -0.4 is 0 Å². The van der Waals surface area contributed by atoms with Gasteiger partial charge < -0.3 is 10.0 Å². The lowest BCUT2D eigenvalue weighted by Crippen LogP contribution is -2.55. The highest BCUT2D eigenvalue weighted by Gasteiger charge is 2.54. The highest BCUT2D eigenvalue weighted by molar-refractivity contribution is 5.36. The maximum absolute atomic E-state index is 13.2. The van der Waals surface area contributed by atoms with Crippen LogP contribution >= 0.6 is 0 Å². The monoisotopic (exact) mass is 341 g/mol. The van der Waals surface area contributed by atoms with Crippen molar-refractivity contribution < 1.29 is 18.3 Å². The van der Waals surface area contributed by atoms with Crippen LogP contribution in [-0.4, -0.2) is 35.7 Å². The van der Waals surface area contributed by atoms with E-state index in [1.165, 1.54) is 12.1 Å². The Bertz CT molecular complexity index is 593. The quantitative estimate of drug-likeness (QED) is 0.871. The van der Waals surface area contributed by atoms with Crippen molar-refractivity contribution in [3.8, 4) is 0 Å². The van der Waals surface area contributed by atoms with Gasteiger partial charge in [-0.3, -0.25) is 0 Å². The van der Waals surface area contributed by atoms with Gasteiger partial charge in [-0.1, -0.05) is 25.1 Å². The van der Waals surface area contributed by atoms with Gasteiger partial charge in [0.05, 0.1) is 11.2 Å². The fourth-order valence-corrected chi connectivity index (χ4v) is 4.72. The number of alkyl halides is 3. The number of hydrogen-bond acceptors (Lipinski definition) is 2. The van der Waals surface area contributed by atoms with Crippen molar-refractivity contribution in [2.24, 2.45) is 5.92 Å². The third-order valence-electron chi connectivity index (χ3n) is 6.21. The molecule has 1 N–H and O–H groups in total. The van der Waals surface area contributed by atoms with Crippen LogP contribution in [0.1, 0.15) is 50.2 Å². The summed E-state index contributed by atoms with van der Waals surface area (Å²) in [4.78, 5) is 2.19. The lowest BCUT2D eigenvalue weighted by molar-refractivity contribution is -0.137. The maximum Gasteiger partial charge on any atom is 0.416 e. The summed E-state index contributed by atoms with van der Waals surface area (Å²) in [5, 5.41) is 11.5. The van der Waals surface area contributed by atoms with E-state index in [0.29, 0.717) is 37.2 Å². The molecule has 0 aromatic heterocycles. The molecule has 24 heavy (non-hydrogen) atoms. The first-order valence-corrected chi connectivity index (χ1v) is 8.75. The van der Waals surface area contributed by atoms with Crippen LogP contribution in [0.5, 0.6) is 0 Å². The summed E-state index contributed by atoms with van der Waals surface area (Å²) in [7, 11) is 2.03. The molecule has 1 aliphatic carbocycles. The molecule has 2 fully saturated rings. The summed E-state index contributed by atoms with van der Waals surface area (Å²) in [6, 6.07) is 5.65. The molecule has 2 aliphatic rings. The first-order valence-electron chi connectivity index (χ1n) is 8.75. The van der Waals surface area contributed by atoms with Crippen LogP contribution in [0.15, 0.2) is 24.3 Å². The molecular formula is C19H26F3NO. The summed E-state index contributed by atoms with van der Waals surface area (Å²) in [5.41, 5.74) is -1.45. The van der Waals surface area contributed by atoms with Crippen molar-refractivity contribution in [1.82, 2.24) is 4.90 Å². The number of nitrogens with zero attached hydrogens (tertiary/aromatic N) is 1. The van der Waals surface area contributed by atoms with E-state index in [2.05, 4.69) is 11.8 Å². The second-order valence-electron chi connectivity index (χ2n) is 7.84. The Kier molecular flexibility index (Phi) is 4.45. The molecule has 0 amide bonds. The van der Waals surface area contributed by atoms with Gasteiger partial charge in [0, 0.05) is 5.41 Å². The van der Waals surface area contributed by atoms with Crippen molar-refractivity contribution in [2.45, 2.75) is 56.2 Å². The van der Waals surface area contributed by atoms with Crippen LogP contribution in [0, 0.1) is 5.92 Å². The van der Waals surface area contributed by atoms with E-state index >= 15 is 0 Å². The van der Waals surface area contributed by atoms with E-state index in [0.717, 1.165) is 25.6 Å². The third-order valence-corrected chi connectivity index (χ3v) is 6.21. The highest BCUT2D eigenvalue weighted by atomic mass is 19.4. The Morgan fingerprint density at radius 1 is 1.17 bits per heavy atom. The zero-order chi connectivity index (χ0) is 17.6. The summed E-state index contributed by atoms with van der Waals surface area (Å²) >= 11 is 0. The van der Waals surface area contributed by atoms with Crippen LogP contribution in [-0.2, 0) is 11.6 Å². The molecule has 2 nitrogen and oxygen atoms in total. The second-order valence-corrected chi connectivity index (χ2v) is 7.84. The number of benzene rings is 1. The number of aliphatic hydroxyl groups is 1. The van der Waals surface area contributed by atoms with E-state index in [9.17, 15) is 18.3 Å². The minimum absolute atomic E-state index is 0.414. The lowest BCUT2D eigenvalue weighted by Gasteiger charge is -2.50. The predicted molar refractivity (Wildman–Crippen MR) is 87.8 cm³/mol. The number of likely N-dealkylation sites (tertiary alicyclic amines) is 1. The molecule has 0 spiro atoms. The predicted octanol–water partition coefficient (Wildman–Crippen LogP) is 4.22. The van der Waals surface area contributed by atoms with E-state index < -0.39 is 22.8 Å². The van der Waals surface area contributed by atoms with Crippen molar-refractivity contribution in [3.05, 3.63) is 35.4 Å². The van der Waals surface area contributed by atoms with Crippen molar-refractivity contribution in [2.75, 3.05) is 20.1 Å². The van der Waals surface area contributed by atoms with Gasteiger partial charge in [-0.25, -0.2) is 0 Å². The molecule has 5 heteroatoms. The molecule has 1 aromatic rings. The second kappa shape index (κ2) is 6.03. The Labute approximate surface area is 141 Å². The minimum atomic E-state index is -4.35. The topological polar surface area (TPSA) is 23.5 Å². The molecular weight excluding hydrogens is 315 g/mol. The molecule has 0 unspecified atom stereocenters. The zero-order valence-electron chi connectivity index (χ0n) is 14.4. The van der Waals surface area contributed by atoms with Crippen LogP contribution in [0.25, 0.3) is 0 Å². The molecule has 0 radical (unpaired) electrons. The number of halogens is 3. The van der Waals surface area contributed by atoms with Crippen LogP contribution in [0.4, 0.5) is 13.2 Å². The van der Waals surface area contributed by atoms with E-state index in [1.54, 1.807) is 6.07 Å². The lowest BCUT2D eigenvalue weighted by atomic mass is 9.60. The zero-order valence-corrected chi connectivity index (χ0v) is 14.4. The molecule has 0 bridgehead atoms. The highest BCUT2D eigenvalue weighted by Crippen LogP contribution is 2.53. The summed E-state index contributed by atoms with van der Waals surface area (Å²) in [5.74, 6) is 0.414. The fourth-order valence-electron chi connectivity index (χ4n) is 4.72. The summed E-state index contributed by atoms with van der Waals surface area (Å²) < 4.78 is 39.6. The standard InChI is InChI=1S/C19H26F3NO/c1-14-6-7-18(24,13-14)17(8-10-23(2)11-9-17)15-4-3-5-16(12-15)19(20,21)22/h3-5,12,14,24H,6-11,13H2,1-2H3/t14-,18+/m0/s1. The SMILES string of the molecule is C[C@H]1CC[C@](O)(C2(c3cccc(C(F)(F)F)c3)CCN(C)CC2)C1. The average molecular weight is 341 g/mol. The fraction of sp³-hybridized carbons (Fsp3) is 0.684. The van der Waals surface area contributed by atoms with Crippen molar-refractivity contribution in [3.63, 3.8) is 0 Å². The molecule has 1 aliphatic heterocycles. The first kappa shape index (κ1) is 17.7. The Balaban J connectivity index is 2.06. The smallest absolute Gasteiger partial charge is 0.389 e. The Hall–Kier alpha value is -1.07. The molecule has 3 rings (SSSR count). The van der Waals surface area contributed by atoms with Gasteiger partial charge in [-0.05, 0) is 69.8 Å². The van der Waals surface area contributed by atoms with Gasteiger partial charge in [-0.15, -0.1) is 0 Å². The third kappa shape index (κ3) is 2.97. The Morgan fingerprint density at radius 3 is 2.38 bits per heavy atom. The van der Waals surface area contributed by atoms with Gasteiger partial charge in [0.2, 0.25) is 0 Å². The first-order chi connectivity index (χ1) is 11.2. The molecule has 1 saturated heterocycles. The van der Waals surface area contributed by atoms with Gasteiger partial charge >= 0.3 is 6.18 Å². The summed E-state index contributed by atoms with van der Waals surface area (Å²) in [6.07, 6.45) is -0.662. The number of rotatable bonds is 2. The molecule has 1 heterocycles. The molecule has 134 valence electrons. The van der Waals surface area contributed by atoms with E-state index in [-0.39, 0.29) is 0 Å². The average Bonchev–Trinajstić information content (AvgIpc) is 2.88. The van der Waals surface area contributed by atoms with Gasteiger partial charge in [-0.2, -0.15) is 13.2 Å². The molecule has 1 aromatic carbocycles. The van der Waals surface area contributed by atoms with Gasteiger partial charge in [0.25, 0.3) is 0 Å². The summed E-state index contributed by atoms with van der Waals surface area (Å²) in [6.45, 7) is 3.71. The van der Waals surface area contributed by atoms with Crippen molar-refractivity contribution >= 4 is 0 Å². The van der Waals surface area contributed by atoms with Crippen molar-refractivity contribution in [1.29, 1.82) is 0 Å². The van der Waals surface area contributed by atoms with E-state index in [4.69, 9.17) is 0 Å². The van der Waals surface area contributed by atoms with Crippen LogP contribution in [0.3, 0.4) is 0 Å². The molecule has 1 saturated carbocycles. The van der Waals surface area contributed by atoms with E-state index in [1.807, 2.05) is 7.05 Å². The number of hydrogen-bond donors (Lipinski definition) is 1. The maximum atomic E-state index is 13.2. The minimum Gasteiger partial charge on any atom is -0.389 e. The Morgan fingerprint density at radius 2 is 1.83 bits per heavy atom.